The smallest absolute Gasteiger partial charge is 0.269 e. The van der Waals surface area contributed by atoms with Crippen molar-refractivity contribution in [1.82, 2.24) is 4.98 Å². The minimum atomic E-state index is -0.455. The van der Waals surface area contributed by atoms with Gasteiger partial charge in [0.05, 0.1) is 11.3 Å². The van der Waals surface area contributed by atoms with Gasteiger partial charge in [0.1, 0.15) is 0 Å². The van der Waals surface area contributed by atoms with Gasteiger partial charge in [0.15, 0.2) is 0 Å². The van der Waals surface area contributed by atoms with Crippen molar-refractivity contribution in [2.75, 3.05) is 16.8 Å². The molecular formula is C28H22N4O4. The van der Waals surface area contributed by atoms with Crippen LogP contribution in [0.25, 0.3) is 11.1 Å². The molecule has 3 aromatic carbocycles. The average molecular weight is 479 g/mol. The van der Waals surface area contributed by atoms with Crippen LogP contribution in [0.15, 0.2) is 91.1 Å². The van der Waals surface area contributed by atoms with E-state index in [2.05, 4.69) is 10.3 Å². The highest BCUT2D eigenvalue weighted by Crippen LogP contribution is 2.32. The Hall–Kier alpha value is -4.85. The van der Waals surface area contributed by atoms with Crippen molar-refractivity contribution in [3.63, 3.8) is 0 Å². The molecule has 0 saturated heterocycles. The van der Waals surface area contributed by atoms with E-state index in [1.807, 2.05) is 42.5 Å². The Morgan fingerprint density at radius 3 is 2.50 bits per heavy atom. The van der Waals surface area contributed by atoms with Crippen LogP contribution < -0.4 is 10.2 Å². The van der Waals surface area contributed by atoms with Crippen LogP contribution in [-0.2, 0) is 17.6 Å². The number of non-ortho nitro benzene ring substituents is 1. The lowest BCUT2D eigenvalue weighted by atomic mass is 9.99. The van der Waals surface area contributed by atoms with E-state index in [0.29, 0.717) is 35.3 Å². The van der Waals surface area contributed by atoms with Crippen molar-refractivity contribution in [3.8, 4) is 11.1 Å². The van der Waals surface area contributed by atoms with Gasteiger partial charge >= 0.3 is 0 Å². The second kappa shape index (κ2) is 9.79. The van der Waals surface area contributed by atoms with Gasteiger partial charge in [0.25, 0.3) is 11.6 Å². The molecule has 1 aliphatic heterocycles. The number of amides is 2. The number of anilines is 2. The molecule has 178 valence electrons. The number of nitro benzene ring substituents is 1. The largest absolute Gasteiger partial charge is 0.322 e. The second-order valence-corrected chi connectivity index (χ2v) is 8.44. The lowest BCUT2D eigenvalue weighted by Crippen LogP contribution is -2.30. The fraction of sp³-hybridized carbons (Fsp3) is 0.107. The van der Waals surface area contributed by atoms with Crippen LogP contribution in [0.2, 0.25) is 0 Å². The SMILES string of the molecule is O=C(Nc1ccc2c(c1)CCN2C(=O)Cc1ccccn1)c1ccccc1-c1ccc([N+](=O)[O-])cc1. The number of aromatic nitrogens is 1. The molecular weight excluding hydrogens is 456 g/mol. The molecule has 1 aromatic heterocycles. The second-order valence-electron chi connectivity index (χ2n) is 8.44. The highest BCUT2D eigenvalue weighted by molar-refractivity contribution is 6.09. The third kappa shape index (κ3) is 4.69. The van der Waals surface area contributed by atoms with Crippen LogP contribution in [-0.4, -0.2) is 28.3 Å². The highest BCUT2D eigenvalue weighted by Gasteiger charge is 2.25. The first-order valence-electron chi connectivity index (χ1n) is 11.5. The summed E-state index contributed by atoms with van der Waals surface area (Å²) in [5, 5.41) is 13.9. The van der Waals surface area contributed by atoms with Crippen molar-refractivity contribution < 1.29 is 14.5 Å². The van der Waals surface area contributed by atoms with Gasteiger partial charge in [-0.2, -0.15) is 0 Å². The van der Waals surface area contributed by atoms with E-state index >= 15 is 0 Å². The minimum Gasteiger partial charge on any atom is -0.322 e. The molecule has 0 aliphatic carbocycles. The molecule has 0 fully saturated rings. The lowest BCUT2D eigenvalue weighted by molar-refractivity contribution is -0.384. The third-order valence-corrected chi connectivity index (χ3v) is 6.15. The number of benzene rings is 3. The molecule has 0 atom stereocenters. The van der Waals surface area contributed by atoms with Crippen molar-refractivity contribution in [2.24, 2.45) is 0 Å². The molecule has 0 radical (unpaired) electrons. The van der Waals surface area contributed by atoms with Gasteiger partial charge in [0.2, 0.25) is 5.91 Å². The summed E-state index contributed by atoms with van der Waals surface area (Å²) >= 11 is 0. The Bertz CT molecular complexity index is 1450. The first kappa shape index (κ1) is 22.9. The van der Waals surface area contributed by atoms with Gasteiger partial charge in [-0.15, -0.1) is 0 Å². The molecule has 0 bridgehead atoms. The summed E-state index contributed by atoms with van der Waals surface area (Å²) in [7, 11) is 0. The molecule has 0 unspecified atom stereocenters. The van der Waals surface area contributed by atoms with Crippen LogP contribution in [0, 0.1) is 10.1 Å². The van der Waals surface area contributed by atoms with E-state index in [1.54, 1.807) is 41.4 Å². The molecule has 1 aliphatic rings. The van der Waals surface area contributed by atoms with Gasteiger partial charge < -0.3 is 10.2 Å². The minimum absolute atomic E-state index is 0.00798. The highest BCUT2D eigenvalue weighted by atomic mass is 16.6. The van der Waals surface area contributed by atoms with E-state index in [-0.39, 0.29) is 23.9 Å². The Balaban J connectivity index is 1.33. The van der Waals surface area contributed by atoms with Crippen molar-refractivity contribution in [2.45, 2.75) is 12.8 Å². The molecule has 8 nitrogen and oxygen atoms in total. The van der Waals surface area contributed by atoms with Gasteiger partial charge in [-0.3, -0.25) is 24.7 Å². The summed E-state index contributed by atoms with van der Waals surface area (Å²) in [5.41, 5.74) is 5.04. The summed E-state index contributed by atoms with van der Waals surface area (Å²) in [5.74, 6) is -0.300. The van der Waals surface area contributed by atoms with Crippen molar-refractivity contribution in [3.05, 3.63) is 118 Å². The standard InChI is InChI=1S/C28H22N4O4/c33-27(18-21-5-3-4-15-29-21)31-16-14-20-17-22(10-13-26(20)31)30-28(34)25-7-2-1-6-24(25)19-8-11-23(12-9-19)32(35)36/h1-13,15,17H,14,16,18H2,(H,30,34). The Morgan fingerprint density at radius 1 is 0.972 bits per heavy atom. The third-order valence-electron chi connectivity index (χ3n) is 6.15. The number of carbonyl (C=O) groups is 2. The quantitative estimate of drug-likeness (QED) is 0.309. The average Bonchev–Trinajstić information content (AvgIpc) is 3.33. The monoisotopic (exact) mass is 478 g/mol. The van der Waals surface area contributed by atoms with E-state index < -0.39 is 4.92 Å². The number of pyridine rings is 1. The number of nitro groups is 1. The number of rotatable bonds is 6. The van der Waals surface area contributed by atoms with Crippen LogP contribution in [0.1, 0.15) is 21.6 Å². The number of hydrogen-bond donors (Lipinski definition) is 1. The van der Waals surface area contributed by atoms with Gasteiger partial charge in [-0.05, 0) is 71.6 Å². The fourth-order valence-corrected chi connectivity index (χ4v) is 4.39. The molecule has 36 heavy (non-hydrogen) atoms. The van der Waals surface area contributed by atoms with Gasteiger partial charge in [-0.25, -0.2) is 0 Å². The lowest BCUT2D eigenvalue weighted by Gasteiger charge is -2.17. The molecule has 5 rings (SSSR count). The Morgan fingerprint density at radius 2 is 1.75 bits per heavy atom. The molecule has 8 heteroatoms. The van der Waals surface area contributed by atoms with Gasteiger partial charge in [0, 0.05) is 47.5 Å². The molecule has 0 spiro atoms. The molecule has 4 aromatic rings. The molecule has 2 heterocycles. The Labute approximate surface area is 207 Å². The maximum Gasteiger partial charge on any atom is 0.269 e. The van der Waals surface area contributed by atoms with Crippen molar-refractivity contribution in [1.29, 1.82) is 0 Å². The topological polar surface area (TPSA) is 105 Å². The summed E-state index contributed by atoms with van der Waals surface area (Å²) < 4.78 is 0. The van der Waals surface area contributed by atoms with Crippen molar-refractivity contribution >= 4 is 28.9 Å². The van der Waals surface area contributed by atoms with E-state index in [1.165, 1.54) is 12.1 Å². The Kier molecular flexibility index (Phi) is 6.23. The fourth-order valence-electron chi connectivity index (χ4n) is 4.39. The van der Waals surface area contributed by atoms with Crippen LogP contribution in [0.3, 0.4) is 0 Å². The number of nitrogens with zero attached hydrogens (tertiary/aromatic N) is 3. The zero-order chi connectivity index (χ0) is 25.1. The van der Waals surface area contributed by atoms with Crippen LogP contribution in [0.5, 0.6) is 0 Å². The molecule has 2 amide bonds. The zero-order valence-corrected chi connectivity index (χ0v) is 19.3. The normalized spacial score (nSPS) is 12.2. The number of nitrogens with one attached hydrogen (secondary N) is 1. The predicted molar refractivity (Wildman–Crippen MR) is 137 cm³/mol. The van der Waals surface area contributed by atoms with E-state index in [9.17, 15) is 19.7 Å². The van der Waals surface area contributed by atoms with E-state index in [0.717, 1.165) is 16.9 Å². The molecule has 0 saturated carbocycles. The van der Waals surface area contributed by atoms with E-state index in [4.69, 9.17) is 0 Å². The first-order valence-corrected chi connectivity index (χ1v) is 11.5. The summed E-state index contributed by atoms with van der Waals surface area (Å²) in [6.07, 6.45) is 2.61. The first-order chi connectivity index (χ1) is 17.5. The maximum absolute atomic E-state index is 13.2. The summed E-state index contributed by atoms with van der Waals surface area (Å²) in [6.45, 7) is 0.585. The summed E-state index contributed by atoms with van der Waals surface area (Å²) in [4.78, 5) is 42.5. The zero-order valence-electron chi connectivity index (χ0n) is 19.3. The van der Waals surface area contributed by atoms with Crippen LogP contribution >= 0.6 is 0 Å². The predicted octanol–water partition coefficient (Wildman–Crippen LogP) is 5.04. The van der Waals surface area contributed by atoms with Crippen LogP contribution in [0.4, 0.5) is 17.1 Å². The number of carbonyl (C=O) groups excluding carboxylic acids is 2. The number of fused-ring (bicyclic) bond motifs is 1. The maximum atomic E-state index is 13.2. The molecule has 1 N–H and O–H groups in total. The summed E-state index contributed by atoms with van der Waals surface area (Å²) in [6, 6.07) is 24.3. The van der Waals surface area contributed by atoms with Gasteiger partial charge in [-0.1, -0.05) is 24.3 Å². The number of hydrogen-bond acceptors (Lipinski definition) is 5.